The van der Waals surface area contributed by atoms with Crippen LogP contribution in [0.2, 0.25) is 5.02 Å². The largest absolute Gasteiger partial charge is 0.370 e. The molecule has 1 aromatic rings. The highest BCUT2D eigenvalue weighted by atomic mass is 35.5. The number of nitrogens with two attached hydrogens (primary N) is 1. The fraction of sp³-hybridized carbons (Fsp3) is 0.562. The Kier molecular flexibility index (Phi) is 5.48. The van der Waals surface area contributed by atoms with Crippen LogP contribution in [0.25, 0.3) is 0 Å². The van der Waals surface area contributed by atoms with Crippen molar-refractivity contribution in [3.05, 3.63) is 28.8 Å². The second-order valence-corrected chi connectivity index (χ2v) is 6.55. The number of halogens is 1. The predicted molar refractivity (Wildman–Crippen MR) is 87.5 cm³/mol. The molecule has 1 atom stereocenters. The Morgan fingerprint density at radius 3 is 2.86 bits per heavy atom. The molecule has 0 radical (unpaired) electrons. The first-order valence-corrected chi connectivity index (χ1v) is 7.88. The maximum absolute atomic E-state index is 11.2. The minimum absolute atomic E-state index is 0.0616. The summed E-state index contributed by atoms with van der Waals surface area (Å²) in [5.41, 5.74) is 7.54. The number of nitrogens with one attached hydrogen (secondary N) is 1. The Labute approximate surface area is 131 Å². The highest BCUT2D eigenvalue weighted by molar-refractivity contribution is 6.33. The molecule has 0 spiro atoms. The third-order valence-electron chi connectivity index (χ3n) is 3.83. The number of carbonyl (C=O) groups excluding carboxylic acids is 1. The Morgan fingerprint density at radius 2 is 2.29 bits per heavy atom. The smallest absolute Gasteiger partial charge is 0.222 e. The molecule has 1 saturated heterocycles. The molecule has 0 saturated carbocycles. The van der Waals surface area contributed by atoms with E-state index in [2.05, 4.69) is 30.1 Å². The normalized spacial score (nSPS) is 18.5. The zero-order chi connectivity index (χ0) is 15.4. The molecular weight excluding hydrogens is 286 g/mol. The molecule has 116 valence electrons. The molecule has 1 aromatic carbocycles. The second kappa shape index (κ2) is 7.14. The number of hydrogen-bond acceptors (Lipinski definition) is 3. The molecule has 1 fully saturated rings. The zero-order valence-electron chi connectivity index (χ0n) is 12.7. The standard InChI is InChI=1S/C16H24ClN3O/c1-11(2)8-19-9-12-3-4-15(14(17)7-12)20-6-5-13(10-20)16(18)21/h3-4,7,11,13,19H,5-6,8-10H2,1-2H3,(H2,18,21). The molecule has 0 aromatic heterocycles. The quantitative estimate of drug-likeness (QED) is 0.848. The van der Waals surface area contributed by atoms with E-state index in [0.29, 0.717) is 12.5 Å². The fourth-order valence-electron chi connectivity index (χ4n) is 2.63. The number of primary amides is 1. The van der Waals surface area contributed by atoms with Gasteiger partial charge in [-0.15, -0.1) is 0 Å². The van der Waals surface area contributed by atoms with E-state index in [-0.39, 0.29) is 11.8 Å². The number of anilines is 1. The van der Waals surface area contributed by atoms with Gasteiger partial charge in [-0.3, -0.25) is 4.79 Å². The van der Waals surface area contributed by atoms with Crippen molar-refractivity contribution in [2.24, 2.45) is 17.6 Å². The third-order valence-corrected chi connectivity index (χ3v) is 4.13. The van der Waals surface area contributed by atoms with E-state index in [4.69, 9.17) is 17.3 Å². The molecule has 5 heteroatoms. The Hall–Kier alpha value is -1.26. The molecule has 2 rings (SSSR count). The molecule has 0 aliphatic carbocycles. The van der Waals surface area contributed by atoms with Crippen molar-refractivity contribution in [1.29, 1.82) is 0 Å². The lowest BCUT2D eigenvalue weighted by Crippen LogP contribution is -2.27. The summed E-state index contributed by atoms with van der Waals surface area (Å²) in [5, 5.41) is 4.15. The lowest BCUT2D eigenvalue weighted by Gasteiger charge is -2.20. The van der Waals surface area contributed by atoms with E-state index >= 15 is 0 Å². The fourth-order valence-corrected chi connectivity index (χ4v) is 2.96. The van der Waals surface area contributed by atoms with Gasteiger partial charge >= 0.3 is 0 Å². The lowest BCUT2D eigenvalue weighted by atomic mass is 10.1. The first-order chi connectivity index (χ1) is 9.97. The van der Waals surface area contributed by atoms with Crippen molar-refractivity contribution < 1.29 is 4.79 Å². The van der Waals surface area contributed by atoms with Crippen LogP contribution >= 0.6 is 11.6 Å². The van der Waals surface area contributed by atoms with Gasteiger partial charge in [0.15, 0.2) is 0 Å². The van der Waals surface area contributed by atoms with Crippen molar-refractivity contribution in [2.45, 2.75) is 26.8 Å². The van der Waals surface area contributed by atoms with Crippen LogP contribution in [-0.4, -0.2) is 25.5 Å². The van der Waals surface area contributed by atoms with Gasteiger partial charge in [0.25, 0.3) is 0 Å². The van der Waals surface area contributed by atoms with Crippen LogP contribution in [-0.2, 0) is 11.3 Å². The molecule has 1 heterocycles. The predicted octanol–water partition coefficient (Wildman–Crippen LogP) is 2.40. The molecular formula is C16H24ClN3O. The molecule has 0 bridgehead atoms. The number of benzene rings is 1. The van der Waals surface area contributed by atoms with E-state index in [1.165, 1.54) is 5.56 Å². The molecule has 4 nitrogen and oxygen atoms in total. The topological polar surface area (TPSA) is 58.4 Å². The van der Waals surface area contributed by atoms with Crippen molar-refractivity contribution in [1.82, 2.24) is 5.32 Å². The van der Waals surface area contributed by atoms with Gasteiger partial charge in [-0.25, -0.2) is 0 Å². The zero-order valence-corrected chi connectivity index (χ0v) is 13.5. The monoisotopic (exact) mass is 309 g/mol. The molecule has 21 heavy (non-hydrogen) atoms. The average molecular weight is 310 g/mol. The summed E-state index contributed by atoms with van der Waals surface area (Å²) >= 11 is 6.39. The second-order valence-electron chi connectivity index (χ2n) is 6.14. The summed E-state index contributed by atoms with van der Waals surface area (Å²) in [6.45, 7) is 7.68. The number of rotatable bonds is 6. The van der Waals surface area contributed by atoms with Crippen molar-refractivity contribution in [3.8, 4) is 0 Å². The average Bonchev–Trinajstić information content (AvgIpc) is 2.88. The van der Waals surface area contributed by atoms with E-state index in [1.807, 2.05) is 12.1 Å². The van der Waals surface area contributed by atoms with E-state index in [1.54, 1.807) is 0 Å². The number of nitrogens with zero attached hydrogens (tertiary/aromatic N) is 1. The van der Waals surface area contributed by atoms with Crippen LogP contribution in [0.1, 0.15) is 25.8 Å². The minimum atomic E-state index is -0.219. The van der Waals surface area contributed by atoms with Gasteiger partial charge in [0.05, 0.1) is 16.6 Å². The summed E-state index contributed by atoms with van der Waals surface area (Å²) < 4.78 is 0. The van der Waals surface area contributed by atoms with Gasteiger partial charge in [-0.05, 0) is 36.6 Å². The van der Waals surface area contributed by atoms with E-state index in [9.17, 15) is 4.79 Å². The van der Waals surface area contributed by atoms with Gasteiger partial charge in [0, 0.05) is 19.6 Å². The highest BCUT2D eigenvalue weighted by Gasteiger charge is 2.27. The Bertz CT molecular complexity index is 504. The first-order valence-electron chi connectivity index (χ1n) is 7.50. The van der Waals surface area contributed by atoms with Crippen LogP contribution in [0.4, 0.5) is 5.69 Å². The summed E-state index contributed by atoms with van der Waals surface area (Å²) in [5.74, 6) is 0.353. The third kappa shape index (κ3) is 4.35. The van der Waals surface area contributed by atoms with Gasteiger partial charge in [0.1, 0.15) is 0 Å². The molecule has 1 unspecified atom stereocenters. The summed E-state index contributed by atoms with van der Waals surface area (Å²) in [7, 11) is 0. The molecule has 3 N–H and O–H groups in total. The lowest BCUT2D eigenvalue weighted by molar-refractivity contribution is -0.121. The van der Waals surface area contributed by atoms with Crippen molar-refractivity contribution in [3.63, 3.8) is 0 Å². The van der Waals surface area contributed by atoms with Crippen molar-refractivity contribution in [2.75, 3.05) is 24.5 Å². The van der Waals surface area contributed by atoms with E-state index < -0.39 is 0 Å². The maximum Gasteiger partial charge on any atom is 0.222 e. The number of hydrogen-bond donors (Lipinski definition) is 2. The van der Waals surface area contributed by atoms with Crippen LogP contribution in [0.5, 0.6) is 0 Å². The van der Waals surface area contributed by atoms with Gasteiger partial charge in [-0.2, -0.15) is 0 Å². The number of carbonyl (C=O) groups is 1. The van der Waals surface area contributed by atoms with E-state index in [0.717, 1.165) is 36.8 Å². The molecule has 1 amide bonds. The Morgan fingerprint density at radius 1 is 1.52 bits per heavy atom. The summed E-state index contributed by atoms with van der Waals surface area (Å²) in [6.07, 6.45) is 0.809. The maximum atomic E-state index is 11.2. The first kappa shape index (κ1) is 16.1. The number of amides is 1. The van der Waals surface area contributed by atoms with Gasteiger partial charge in [0.2, 0.25) is 5.91 Å². The SMILES string of the molecule is CC(C)CNCc1ccc(N2CCC(C(N)=O)C2)c(Cl)c1. The van der Waals surface area contributed by atoms with Gasteiger partial charge < -0.3 is 16.0 Å². The van der Waals surface area contributed by atoms with Gasteiger partial charge in [-0.1, -0.05) is 31.5 Å². The molecule has 1 aliphatic rings. The van der Waals surface area contributed by atoms with Crippen LogP contribution < -0.4 is 16.0 Å². The summed E-state index contributed by atoms with van der Waals surface area (Å²) in [6, 6.07) is 6.13. The molecule has 1 aliphatic heterocycles. The van der Waals surface area contributed by atoms with Crippen molar-refractivity contribution >= 4 is 23.2 Å². The summed E-state index contributed by atoms with van der Waals surface area (Å²) in [4.78, 5) is 13.4. The van der Waals surface area contributed by atoms with Crippen LogP contribution in [0.3, 0.4) is 0 Å². The minimum Gasteiger partial charge on any atom is -0.370 e. The van der Waals surface area contributed by atoms with Crippen LogP contribution in [0.15, 0.2) is 18.2 Å². The Balaban J connectivity index is 1.98. The highest BCUT2D eigenvalue weighted by Crippen LogP contribution is 2.31. The van der Waals surface area contributed by atoms with Crippen LogP contribution in [0, 0.1) is 11.8 Å².